The average Bonchev–Trinajstić information content (AvgIpc) is 2.42. The maximum absolute atomic E-state index is 12.4. The number of carbonyl (C=O) groups excluding carboxylic acids is 1. The number of rotatable bonds is 6. The minimum Gasteiger partial charge on any atom is -0.339 e. The minimum absolute atomic E-state index is 0.0611. The standard InChI is InChI=1S/C13H22N4OS/c1-9-7-12(16-14)11(8-15-9)13(18)17(3)10(2)5-6-19-4/h7-8,10H,5-6,14H2,1-4H3,(H,15,16). The van der Waals surface area contributed by atoms with E-state index >= 15 is 0 Å². The maximum Gasteiger partial charge on any atom is 0.257 e. The van der Waals surface area contributed by atoms with Gasteiger partial charge in [0.05, 0.1) is 11.3 Å². The summed E-state index contributed by atoms with van der Waals surface area (Å²) in [6.07, 6.45) is 4.60. The third-order valence-electron chi connectivity index (χ3n) is 3.15. The number of carbonyl (C=O) groups is 1. The predicted octanol–water partition coefficient (Wildman–Crippen LogP) is 1.89. The topological polar surface area (TPSA) is 71.2 Å². The minimum atomic E-state index is -0.0611. The number of aromatic nitrogens is 1. The zero-order valence-electron chi connectivity index (χ0n) is 11.9. The molecule has 1 aromatic rings. The van der Waals surface area contributed by atoms with Gasteiger partial charge in [0.2, 0.25) is 0 Å². The molecule has 1 amide bonds. The van der Waals surface area contributed by atoms with Gasteiger partial charge in [-0.2, -0.15) is 11.8 Å². The number of pyridine rings is 1. The fourth-order valence-corrected chi connectivity index (χ4v) is 2.30. The molecule has 0 aliphatic carbocycles. The average molecular weight is 282 g/mol. The van der Waals surface area contributed by atoms with Gasteiger partial charge in [-0.25, -0.2) is 0 Å². The van der Waals surface area contributed by atoms with Crippen molar-refractivity contribution in [1.29, 1.82) is 0 Å². The van der Waals surface area contributed by atoms with Crippen LogP contribution >= 0.6 is 11.8 Å². The molecule has 3 N–H and O–H groups in total. The zero-order valence-corrected chi connectivity index (χ0v) is 12.8. The Morgan fingerprint density at radius 2 is 2.32 bits per heavy atom. The van der Waals surface area contributed by atoms with Gasteiger partial charge in [-0.05, 0) is 38.3 Å². The van der Waals surface area contributed by atoms with Gasteiger partial charge in [-0.3, -0.25) is 15.6 Å². The number of nitrogens with zero attached hydrogens (tertiary/aromatic N) is 2. The summed E-state index contributed by atoms with van der Waals surface area (Å²) in [7, 11) is 1.81. The van der Waals surface area contributed by atoms with Crippen LogP contribution in [0.25, 0.3) is 0 Å². The summed E-state index contributed by atoms with van der Waals surface area (Å²) in [5.41, 5.74) is 4.50. The maximum atomic E-state index is 12.4. The molecule has 0 aromatic carbocycles. The summed E-state index contributed by atoms with van der Waals surface area (Å²) in [4.78, 5) is 18.3. The van der Waals surface area contributed by atoms with E-state index in [1.807, 2.05) is 20.9 Å². The molecule has 106 valence electrons. The first-order valence-corrected chi connectivity index (χ1v) is 7.60. The van der Waals surface area contributed by atoms with Crippen molar-refractivity contribution in [3.05, 3.63) is 23.5 Å². The highest BCUT2D eigenvalue weighted by Crippen LogP contribution is 2.18. The van der Waals surface area contributed by atoms with E-state index in [1.165, 1.54) is 0 Å². The fraction of sp³-hybridized carbons (Fsp3) is 0.538. The number of hydrazine groups is 1. The van der Waals surface area contributed by atoms with Gasteiger partial charge in [0.1, 0.15) is 0 Å². The molecular weight excluding hydrogens is 260 g/mol. The largest absolute Gasteiger partial charge is 0.339 e. The normalized spacial score (nSPS) is 12.1. The molecule has 5 nitrogen and oxygen atoms in total. The third kappa shape index (κ3) is 4.11. The Labute approximate surface area is 118 Å². The van der Waals surface area contributed by atoms with Crippen LogP contribution in [0.15, 0.2) is 12.3 Å². The molecule has 1 aromatic heterocycles. The van der Waals surface area contributed by atoms with Crippen LogP contribution in [0.2, 0.25) is 0 Å². The predicted molar refractivity (Wildman–Crippen MR) is 81.3 cm³/mol. The first-order valence-electron chi connectivity index (χ1n) is 6.20. The van der Waals surface area contributed by atoms with Crippen molar-refractivity contribution in [2.75, 3.05) is 24.5 Å². The Kier molecular flexibility index (Phi) is 6.11. The van der Waals surface area contributed by atoms with E-state index in [0.29, 0.717) is 11.3 Å². The van der Waals surface area contributed by atoms with Crippen molar-refractivity contribution < 1.29 is 4.79 Å². The summed E-state index contributed by atoms with van der Waals surface area (Å²) in [6.45, 7) is 3.91. The Morgan fingerprint density at radius 1 is 1.63 bits per heavy atom. The van der Waals surface area contributed by atoms with E-state index in [2.05, 4.69) is 16.7 Å². The first kappa shape index (κ1) is 15.8. The fourth-order valence-electron chi connectivity index (χ4n) is 1.72. The number of anilines is 1. The SMILES string of the molecule is CSCCC(C)N(C)C(=O)c1cnc(C)cc1NN. The lowest BCUT2D eigenvalue weighted by molar-refractivity contribution is 0.0742. The van der Waals surface area contributed by atoms with E-state index in [9.17, 15) is 4.79 Å². The highest BCUT2D eigenvalue weighted by atomic mass is 32.2. The first-order chi connectivity index (χ1) is 9.01. The number of nitrogens with two attached hydrogens (primary N) is 1. The lowest BCUT2D eigenvalue weighted by atomic mass is 10.1. The number of hydrogen-bond acceptors (Lipinski definition) is 5. The summed E-state index contributed by atoms with van der Waals surface area (Å²) in [5, 5.41) is 0. The molecule has 0 aliphatic rings. The lowest BCUT2D eigenvalue weighted by Crippen LogP contribution is -2.36. The monoisotopic (exact) mass is 282 g/mol. The molecule has 0 radical (unpaired) electrons. The highest BCUT2D eigenvalue weighted by Gasteiger charge is 2.20. The van der Waals surface area contributed by atoms with Crippen molar-refractivity contribution in [1.82, 2.24) is 9.88 Å². The Bertz CT molecular complexity index is 439. The summed E-state index contributed by atoms with van der Waals surface area (Å²) >= 11 is 1.78. The Hall–Kier alpha value is -1.27. The molecular formula is C13H22N4OS. The van der Waals surface area contributed by atoms with E-state index < -0.39 is 0 Å². The molecule has 0 saturated carbocycles. The van der Waals surface area contributed by atoms with Gasteiger partial charge in [0, 0.05) is 25.0 Å². The molecule has 19 heavy (non-hydrogen) atoms. The Morgan fingerprint density at radius 3 is 2.89 bits per heavy atom. The molecule has 0 saturated heterocycles. The van der Waals surface area contributed by atoms with Crippen LogP contribution in [0.1, 0.15) is 29.4 Å². The van der Waals surface area contributed by atoms with Gasteiger partial charge in [-0.1, -0.05) is 0 Å². The van der Waals surface area contributed by atoms with E-state index in [-0.39, 0.29) is 11.9 Å². The molecule has 0 aliphatic heterocycles. The molecule has 1 heterocycles. The second-order valence-electron chi connectivity index (χ2n) is 4.56. The molecule has 0 spiro atoms. The van der Waals surface area contributed by atoms with E-state index in [4.69, 9.17) is 5.84 Å². The van der Waals surface area contributed by atoms with Crippen LogP contribution in [0, 0.1) is 6.92 Å². The summed E-state index contributed by atoms with van der Waals surface area (Å²) in [5.74, 6) is 6.44. The van der Waals surface area contributed by atoms with Crippen molar-refractivity contribution in [3.63, 3.8) is 0 Å². The molecule has 0 bridgehead atoms. The number of nitrogens with one attached hydrogen (secondary N) is 1. The van der Waals surface area contributed by atoms with Crippen LogP contribution in [0.5, 0.6) is 0 Å². The quantitative estimate of drug-likeness (QED) is 0.616. The second kappa shape index (κ2) is 7.35. The Balaban J connectivity index is 2.87. The molecule has 0 fully saturated rings. The highest BCUT2D eigenvalue weighted by molar-refractivity contribution is 7.98. The van der Waals surface area contributed by atoms with Gasteiger partial charge in [0.15, 0.2) is 0 Å². The van der Waals surface area contributed by atoms with Gasteiger partial charge in [0.25, 0.3) is 5.91 Å². The van der Waals surface area contributed by atoms with Crippen LogP contribution in [-0.4, -0.2) is 40.9 Å². The smallest absolute Gasteiger partial charge is 0.257 e. The number of thioether (sulfide) groups is 1. The van der Waals surface area contributed by atoms with E-state index in [0.717, 1.165) is 17.9 Å². The van der Waals surface area contributed by atoms with Crippen LogP contribution < -0.4 is 11.3 Å². The van der Waals surface area contributed by atoms with Crippen molar-refractivity contribution in [2.45, 2.75) is 26.3 Å². The molecule has 6 heteroatoms. The third-order valence-corrected chi connectivity index (χ3v) is 3.79. The number of hydrogen-bond donors (Lipinski definition) is 2. The van der Waals surface area contributed by atoms with E-state index in [1.54, 1.807) is 28.9 Å². The second-order valence-corrected chi connectivity index (χ2v) is 5.55. The molecule has 1 atom stereocenters. The number of amides is 1. The van der Waals surface area contributed by atoms with Gasteiger partial charge in [-0.15, -0.1) is 0 Å². The zero-order chi connectivity index (χ0) is 14.4. The van der Waals surface area contributed by atoms with Gasteiger partial charge < -0.3 is 10.3 Å². The van der Waals surface area contributed by atoms with Crippen molar-refractivity contribution >= 4 is 23.4 Å². The number of nitrogen functional groups attached to an aromatic ring is 1. The molecule has 1 rings (SSSR count). The van der Waals surface area contributed by atoms with Crippen LogP contribution in [0.4, 0.5) is 5.69 Å². The molecule has 1 unspecified atom stereocenters. The van der Waals surface area contributed by atoms with Crippen molar-refractivity contribution in [3.8, 4) is 0 Å². The van der Waals surface area contributed by atoms with Gasteiger partial charge >= 0.3 is 0 Å². The van der Waals surface area contributed by atoms with Crippen LogP contribution in [0.3, 0.4) is 0 Å². The number of aryl methyl sites for hydroxylation is 1. The van der Waals surface area contributed by atoms with Crippen molar-refractivity contribution in [2.24, 2.45) is 5.84 Å². The summed E-state index contributed by atoms with van der Waals surface area (Å²) in [6, 6.07) is 1.96. The van der Waals surface area contributed by atoms with Crippen LogP contribution in [-0.2, 0) is 0 Å². The summed E-state index contributed by atoms with van der Waals surface area (Å²) < 4.78 is 0. The lowest BCUT2D eigenvalue weighted by Gasteiger charge is -2.25.